The average Bonchev–Trinajstić information content (AvgIpc) is 3.02. The number of likely N-dealkylation sites (tertiary alicyclic amines) is 1. The number of carbonyl (C=O) groups is 2. The average molecular weight is 319 g/mol. The molecular weight excluding hydrogens is 298 g/mol. The van der Waals surface area contributed by atoms with Crippen LogP contribution < -0.4 is 20.5 Å². The highest BCUT2D eigenvalue weighted by Crippen LogP contribution is 2.32. The Morgan fingerprint density at radius 1 is 1.22 bits per heavy atom. The van der Waals surface area contributed by atoms with Gasteiger partial charge in [0, 0.05) is 25.6 Å². The van der Waals surface area contributed by atoms with Crippen molar-refractivity contribution in [2.24, 2.45) is 11.7 Å². The van der Waals surface area contributed by atoms with Crippen molar-refractivity contribution in [3.63, 3.8) is 0 Å². The van der Waals surface area contributed by atoms with Gasteiger partial charge >= 0.3 is 6.03 Å². The van der Waals surface area contributed by atoms with E-state index in [1.54, 1.807) is 4.90 Å². The maximum atomic E-state index is 12.1. The highest BCUT2D eigenvalue weighted by Gasteiger charge is 2.25. The lowest BCUT2D eigenvalue weighted by molar-refractivity contribution is -0.123. The Kier molecular flexibility index (Phi) is 4.55. The van der Waals surface area contributed by atoms with E-state index in [0.29, 0.717) is 32.5 Å². The molecule has 0 unspecified atom stereocenters. The number of amides is 3. The van der Waals surface area contributed by atoms with E-state index in [1.807, 2.05) is 18.2 Å². The van der Waals surface area contributed by atoms with Crippen molar-refractivity contribution >= 4 is 11.9 Å². The predicted molar refractivity (Wildman–Crippen MR) is 83.2 cm³/mol. The van der Waals surface area contributed by atoms with E-state index in [9.17, 15) is 9.59 Å². The molecule has 0 aromatic heterocycles. The van der Waals surface area contributed by atoms with Gasteiger partial charge in [0.15, 0.2) is 11.5 Å². The van der Waals surface area contributed by atoms with Crippen LogP contribution in [0.2, 0.25) is 0 Å². The number of ether oxygens (including phenoxy) is 2. The summed E-state index contributed by atoms with van der Waals surface area (Å²) < 4.78 is 10.6. The Morgan fingerprint density at radius 3 is 2.70 bits per heavy atom. The Morgan fingerprint density at radius 2 is 1.96 bits per heavy atom. The molecule has 1 fully saturated rings. The van der Waals surface area contributed by atoms with Crippen molar-refractivity contribution < 1.29 is 19.1 Å². The number of rotatable bonds is 4. The molecule has 23 heavy (non-hydrogen) atoms. The van der Waals surface area contributed by atoms with E-state index in [0.717, 1.165) is 23.5 Å². The van der Waals surface area contributed by atoms with Gasteiger partial charge in [-0.15, -0.1) is 0 Å². The Hall–Kier alpha value is -2.44. The van der Waals surface area contributed by atoms with Crippen molar-refractivity contribution in [2.45, 2.75) is 19.3 Å². The lowest BCUT2D eigenvalue weighted by Crippen LogP contribution is -2.46. The van der Waals surface area contributed by atoms with Crippen LogP contribution in [0.15, 0.2) is 18.2 Å². The lowest BCUT2D eigenvalue weighted by Gasteiger charge is -2.30. The summed E-state index contributed by atoms with van der Waals surface area (Å²) in [7, 11) is 0. The number of nitrogens with two attached hydrogens (primary N) is 1. The second-order valence-corrected chi connectivity index (χ2v) is 5.83. The van der Waals surface area contributed by atoms with Crippen LogP contribution in [0.4, 0.5) is 4.79 Å². The third kappa shape index (κ3) is 3.67. The highest BCUT2D eigenvalue weighted by atomic mass is 16.7. The lowest BCUT2D eigenvalue weighted by atomic mass is 9.96. The van der Waals surface area contributed by atoms with E-state index < -0.39 is 0 Å². The fraction of sp³-hybridized carbons (Fsp3) is 0.500. The number of urea groups is 1. The van der Waals surface area contributed by atoms with Gasteiger partial charge in [0.2, 0.25) is 12.7 Å². The predicted octanol–water partition coefficient (Wildman–Crippen LogP) is 0.865. The van der Waals surface area contributed by atoms with Crippen LogP contribution in [0.1, 0.15) is 18.4 Å². The first kappa shape index (κ1) is 15.5. The summed E-state index contributed by atoms with van der Waals surface area (Å²) in [5, 5.41) is 2.91. The van der Waals surface area contributed by atoms with E-state index >= 15 is 0 Å². The Bertz CT molecular complexity index is 597. The second kappa shape index (κ2) is 6.76. The van der Waals surface area contributed by atoms with Crippen molar-refractivity contribution in [3.05, 3.63) is 23.8 Å². The van der Waals surface area contributed by atoms with Gasteiger partial charge < -0.3 is 25.4 Å². The smallest absolute Gasteiger partial charge is 0.317 e. The molecule has 7 heteroatoms. The van der Waals surface area contributed by atoms with Gasteiger partial charge in [0.1, 0.15) is 0 Å². The highest BCUT2D eigenvalue weighted by molar-refractivity contribution is 5.78. The monoisotopic (exact) mass is 319 g/mol. The van der Waals surface area contributed by atoms with Gasteiger partial charge in [-0.25, -0.2) is 4.79 Å². The molecule has 1 aromatic rings. The molecular formula is C16H21N3O4. The second-order valence-electron chi connectivity index (χ2n) is 5.83. The third-order valence-corrected chi connectivity index (χ3v) is 4.31. The molecule has 2 heterocycles. The summed E-state index contributed by atoms with van der Waals surface area (Å²) in [6.45, 7) is 1.96. The quantitative estimate of drug-likeness (QED) is 0.861. The molecule has 0 aliphatic carbocycles. The first-order valence-corrected chi connectivity index (χ1v) is 7.84. The third-order valence-electron chi connectivity index (χ3n) is 4.31. The number of nitrogens with one attached hydrogen (secondary N) is 1. The number of primary amides is 1. The number of hydrogen-bond acceptors (Lipinski definition) is 4. The molecule has 0 bridgehead atoms. The van der Waals surface area contributed by atoms with Gasteiger partial charge in [0.05, 0.1) is 0 Å². The summed E-state index contributed by atoms with van der Waals surface area (Å²) in [5.41, 5.74) is 6.38. The Balaban J connectivity index is 1.42. The number of fused-ring (bicyclic) bond motifs is 1. The van der Waals surface area contributed by atoms with Crippen LogP contribution in [0.3, 0.4) is 0 Å². The zero-order valence-electron chi connectivity index (χ0n) is 12.9. The molecule has 3 amide bonds. The number of benzene rings is 1. The number of hydrogen-bond donors (Lipinski definition) is 2. The molecule has 3 N–H and O–H groups in total. The molecule has 2 aliphatic rings. The molecule has 7 nitrogen and oxygen atoms in total. The molecule has 1 saturated heterocycles. The van der Waals surface area contributed by atoms with Gasteiger partial charge in [-0.1, -0.05) is 6.07 Å². The number of piperidine rings is 1. The van der Waals surface area contributed by atoms with Crippen LogP contribution in [-0.2, 0) is 11.2 Å². The zero-order chi connectivity index (χ0) is 16.2. The summed E-state index contributed by atoms with van der Waals surface area (Å²) in [6.07, 6.45) is 2.01. The number of nitrogens with zero attached hydrogens (tertiary/aromatic N) is 1. The van der Waals surface area contributed by atoms with E-state index in [4.69, 9.17) is 15.2 Å². The van der Waals surface area contributed by atoms with Crippen molar-refractivity contribution in [1.82, 2.24) is 10.2 Å². The van der Waals surface area contributed by atoms with Crippen molar-refractivity contribution in [3.8, 4) is 11.5 Å². The molecule has 1 aromatic carbocycles. The molecule has 0 saturated carbocycles. The fourth-order valence-corrected chi connectivity index (χ4v) is 2.89. The molecule has 0 spiro atoms. The minimum atomic E-state index is -0.270. The Labute approximate surface area is 134 Å². The summed E-state index contributed by atoms with van der Waals surface area (Å²) >= 11 is 0. The topological polar surface area (TPSA) is 93.9 Å². The summed E-state index contributed by atoms with van der Waals surface area (Å²) in [5.74, 6) is 1.14. The van der Waals surface area contributed by atoms with Gasteiger partial charge in [-0.2, -0.15) is 0 Å². The molecule has 2 aliphatic heterocycles. The van der Waals surface area contributed by atoms with Crippen molar-refractivity contribution in [1.29, 1.82) is 0 Å². The molecule has 124 valence electrons. The fourth-order valence-electron chi connectivity index (χ4n) is 2.89. The minimum absolute atomic E-state index is 0.0892. The van der Waals surface area contributed by atoms with Crippen LogP contribution >= 0.6 is 0 Å². The van der Waals surface area contributed by atoms with E-state index in [1.165, 1.54) is 0 Å². The van der Waals surface area contributed by atoms with Gasteiger partial charge in [-0.3, -0.25) is 4.79 Å². The summed E-state index contributed by atoms with van der Waals surface area (Å²) in [6, 6.07) is 5.70. The van der Waals surface area contributed by atoms with Crippen LogP contribution in [0.25, 0.3) is 0 Å². The zero-order valence-corrected chi connectivity index (χ0v) is 12.9. The van der Waals surface area contributed by atoms with Gasteiger partial charge in [-0.05, 0) is 37.0 Å². The van der Waals surface area contributed by atoms with Crippen LogP contribution in [0, 0.1) is 5.92 Å². The first-order valence-electron chi connectivity index (χ1n) is 7.84. The van der Waals surface area contributed by atoms with Gasteiger partial charge in [0.25, 0.3) is 0 Å². The van der Waals surface area contributed by atoms with Crippen molar-refractivity contribution in [2.75, 3.05) is 26.4 Å². The van der Waals surface area contributed by atoms with Crippen LogP contribution in [0.5, 0.6) is 11.5 Å². The maximum absolute atomic E-state index is 12.1. The van der Waals surface area contributed by atoms with E-state index in [2.05, 4.69) is 5.32 Å². The molecule has 3 rings (SSSR count). The largest absolute Gasteiger partial charge is 0.454 e. The standard InChI is InChI=1S/C16H21N3O4/c17-15(20)12-4-7-19(8-5-12)16(21)18-6-3-11-1-2-13-14(9-11)23-10-22-13/h1-2,9,12H,3-8,10H2,(H2,17,20)(H,18,21). The molecule has 0 atom stereocenters. The SMILES string of the molecule is NC(=O)C1CCN(C(=O)NCCc2ccc3c(c2)OCO3)CC1. The van der Waals surface area contributed by atoms with E-state index in [-0.39, 0.29) is 24.6 Å². The molecule has 0 radical (unpaired) electrons. The number of carbonyl (C=O) groups excluding carboxylic acids is 2. The summed E-state index contributed by atoms with van der Waals surface area (Å²) in [4.78, 5) is 25.0. The van der Waals surface area contributed by atoms with Crippen LogP contribution in [-0.4, -0.2) is 43.3 Å². The minimum Gasteiger partial charge on any atom is -0.454 e. The maximum Gasteiger partial charge on any atom is 0.317 e. The first-order chi connectivity index (χ1) is 11.1. The normalized spacial score (nSPS) is 17.1.